The van der Waals surface area contributed by atoms with Crippen LogP contribution in [0.15, 0.2) is 24.3 Å². The third-order valence-corrected chi connectivity index (χ3v) is 1.12. The molecule has 0 aliphatic heterocycles. The molecule has 1 rings (SSSR count). The summed E-state index contributed by atoms with van der Waals surface area (Å²) in [6.07, 6.45) is 0. The average molecular weight is 208 g/mol. The molecule has 66 valence electrons. The zero-order valence-corrected chi connectivity index (χ0v) is 7.53. The van der Waals surface area contributed by atoms with Crippen molar-refractivity contribution in [1.29, 1.82) is 0 Å². The summed E-state index contributed by atoms with van der Waals surface area (Å²) in [5, 5.41) is 9.08. The van der Waals surface area contributed by atoms with Crippen LogP contribution >= 0.6 is 0 Å². The van der Waals surface area contributed by atoms with Gasteiger partial charge < -0.3 is 9.84 Å². The van der Waals surface area contributed by atoms with Crippen LogP contribution in [0.1, 0.15) is 6.92 Å². The standard InChI is InChI=1S/C8H8O3.Fe/c1-6(9)11-8-5-3-2-4-7(8)10;/h2-5,10H,1H3;. The molecule has 0 amide bonds. The Balaban J connectivity index is 0.00000121. The number of benzene rings is 1. The van der Waals surface area contributed by atoms with Crippen molar-refractivity contribution in [3.8, 4) is 11.5 Å². The molecule has 0 atom stereocenters. The van der Waals surface area contributed by atoms with Gasteiger partial charge in [-0.25, -0.2) is 0 Å². The van der Waals surface area contributed by atoms with Gasteiger partial charge in [0.25, 0.3) is 0 Å². The number of carbonyl (C=O) groups excluding carboxylic acids is 1. The zero-order valence-electron chi connectivity index (χ0n) is 6.43. The first kappa shape index (κ1) is 11.0. The molecule has 3 nitrogen and oxygen atoms in total. The van der Waals surface area contributed by atoms with Gasteiger partial charge in [0.1, 0.15) is 0 Å². The van der Waals surface area contributed by atoms with Crippen molar-refractivity contribution >= 4 is 5.97 Å². The molecular weight excluding hydrogens is 200 g/mol. The van der Waals surface area contributed by atoms with Crippen molar-refractivity contribution in [3.63, 3.8) is 0 Å². The number of hydrogen-bond acceptors (Lipinski definition) is 3. The first-order valence-corrected chi connectivity index (χ1v) is 3.16. The maximum atomic E-state index is 10.4. The van der Waals surface area contributed by atoms with Gasteiger partial charge in [-0.1, -0.05) is 12.1 Å². The van der Waals surface area contributed by atoms with E-state index in [0.29, 0.717) is 0 Å². The summed E-state index contributed by atoms with van der Waals surface area (Å²) in [4.78, 5) is 10.4. The minimum absolute atomic E-state index is 0. The molecule has 0 saturated carbocycles. The van der Waals surface area contributed by atoms with Gasteiger partial charge in [-0.15, -0.1) is 0 Å². The Morgan fingerprint density at radius 3 is 2.50 bits per heavy atom. The molecule has 1 N–H and O–H groups in total. The molecule has 0 heterocycles. The first-order chi connectivity index (χ1) is 5.20. The molecule has 0 saturated heterocycles. The number of phenols is 1. The number of aromatic hydroxyl groups is 1. The second-order valence-electron chi connectivity index (χ2n) is 2.06. The van der Waals surface area contributed by atoms with Gasteiger partial charge >= 0.3 is 5.97 Å². The van der Waals surface area contributed by atoms with Crippen LogP contribution in [0.3, 0.4) is 0 Å². The molecule has 0 unspecified atom stereocenters. The minimum Gasteiger partial charge on any atom is -0.504 e. The molecular formula is C8H8FeO3. The monoisotopic (exact) mass is 208 g/mol. The second-order valence-corrected chi connectivity index (χ2v) is 2.06. The van der Waals surface area contributed by atoms with Gasteiger partial charge in [-0.2, -0.15) is 0 Å². The fraction of sp³-hybridized carbons (Fsp3) is 0.125. The number of esters is 1. The van der Waals surface area contributed by atoms with Crippen LogP contribution in [0, 0.1) is 0 Å². The van der Waals surface area contributed by atoms with Crippen LogP contribution in [-0.4, -0.2) is 11.1 Å². The molecule has 0 bridgehead atoms. The summed E-state index contributed by atoms with van der Waals surface area (Å²) in [5.74, 6) is -0.269. The van der Waals surface area contributed by atoms with E-state index in [0.717, 1.165) is 0 Å². The Morgan fingerprint density at radius 2 is 2.00 bits per heavy atom. The molecule has 0 fully saturated rings. The number of ether oxygens (including phenoxy) is 1. The van der Waals surface area contributed by atoms with E-state index in [9.17, 15) is 4.79 Å². The number of para-hydroxylation sites is 2. The van der Waals surface area contributed by atoms with E-state index in [1.165, 1.54) is 19.1 Å². The Kier molecular flexibility index (Phi) is 4.40. The Hall–Kier alpha value is -0.991. The van der Waals surface area contributed by atoms with Gasteiger partial charge in [0.2, 0.25) is 0 Å². The summed E-state index contributed by atoms with van der Waals surface area (Å²) in [6, 6.07) is 6.31. The van der Waals surface area contributed by atoms with Crippen molar-refractivity contribution in [2.75, 3.05) is 0 Å². The summed E-state index contributed by atoms with van der Waals surface area (Å²) < 4.78 is 4.66. The van der Waals surface area contributed by atoms with Crippen LogP contribution in [-0.2, 0) is 21.9 Å². The van der Waals surface area contributed by atoms with Crippen LogP contribution in [0.4, 0.5) is 0 Å². The minimum atomic E-state index is -0.438. The first-order valence-electron chi connectivity index (χ1n) is 3.16. The number of carbonyl (C=O) groups is 1. The molecule has 4 heteroatoms. The maximum Gasteiger partial charge on any atom is 0.308 e. The van der Waals surface area contributed by atoms with E-state index in [-0.39, 0.29) is 28.6 Å². The van der Waals surface area contributed by atoms with Crippen molar-refractivity contribution < 1.29 is 31.7 Å². The third-order valence-electron chi connectivity index (χ3n) is 1.12. The Bertz CT molecular complexity index is 273. The summed E-state index contributed by atoms with van der Waals surface area (Å²) in [7, 11) is 0. The normalized spacial score (nSPS) is 8.42. The quantitative estimate of drug-likeness (QED) is 0.430. The fourth-order valence-electron chi connectivity index (χ4n) is 0.698. The van der Waals surface area contributed by atoms with Crippen molar-refractivity contribution in [1.82, 2.24) is 0 Å². The zero-order chi connectivity index (χ0) is 8.27. The van der Waals surface area contributed by atoms with Crippen LogP contribution < -0.4 is 4.74 Å². The van der Waals surface area contributed by atoms with Gasteiger partial charge in [0.15, 0.2) is 11.5 Å². The van der Waals surface area contributed by atoms with Crippen LogP contribution in [0.25, 0.3) is 0 Å². The van der Waals surface area contributed by atoms with E-state index < -0.39 is 5.97 Å². The largest absolute Gasteiger partial charge is 0.504 e. The smallest absolute Gasteiger partial charge is 0.308 e. The van der Waals surface area contributed by atoms with E-state index in [1.807, 2.05) is 0 Å². The molecule has 12 heavy (non-hydrogen) atoms. The fourth-order valence-corrected chi connectivity index (χ4v) is 0.698. The van der Waals surface area contributed by atoms with Gasteiger partial charge in [0, 0.05) is 24.0 Å². The molecule has 1 aromatic rings. The van der Waals surface area contributed by atoms with E-state index in [1.54, 1.807) is 12.1 Å². The number of rotatable bonds is 1. The van der Waals surface area contributed by atoms with Crippen LogP contribution in [0.5, 0.6) is 11.5 Å². The molecule has 1 aromatic carbocycles. The summed E-state index contributed by atoms with van der Waals surface area (Å²) in [6.45, 7) is 1.28. The van der Waals surface area contributed by atoms with Gasteiger partial charge in [-0.3, -0.25) is 4.79 Å². The Labute approximate surface area is 80.8 Å². The SMILES string of the molecule is CC(=O)Oc1ccccc1O.[Fe]. The predicted octanol–water partition coefficient (Wildman–Crippen LogP) is 1.31. The van der Waals surface area contributed by atoms with Gasteiger partial charge in [0.05, 0.1) is 0 Å². The molecule has 0 aromatic heterocycles. The average Bonchev–Trinajstić information content (AvgIpc) is 1.93. The topological polar surface area (TPSA) is 46.5 Å². The maximum absolute atomic E-state index is 10.4. The number of phenolic OH excluding ortho intramolecular Hbond substituents is 1. The van der Waals surface area contributed by atoms with E-state index >= 15 is 0 Å². The molecule has 0 radical (unpaired) electrons. The van der Waals surface area contributed by atoms with Crippen LogP contribution in [0.2, 0.25) is 0 Å². The van der Waals surface area contributed by atoms with Crippen molar-refractivity contribution in [2.24, 2.45) is 0 Å². The molecule has 0 spiro atoms. The van der Waals surface area contributed by atoms with Gasteiger partial charge in [-0.05, 0) is 12.1 Å². The van der Waals surface area contributed by atoms with E-state index in [2.05, 4.69) is 4.74 Å². The Morgan fingerprint density at radius 1 is 1.42 bits per heavy atom. The van der Waals surface area contributed by atoms with E-state index in [4.69, 9.17) is 5.11 Å². The second kappa shape index (κ2) is 4.80. The predicted molar refractivity (Wildman–Crippen MR) is 39.4 cm³/mol. The molecule has 0 aliphatic rings. The number of hydrogen-bond donors (Lipinski definition) is 1. The van der Waals surface area contributed by atoms with Crippen molar-refractivity contribution in [3.05, 3.63) is 24.3 Å². The molecule has 0 aliphatic carbocycles. The summed E-state index contributed by atoms with van der Waals surface area (Å²) >= 11 is 0. The van der Waals surface area contributed by atoms with Crippen molar-refractivity contribution in [2.45, 2.75) is 6.92 Å². The summed E-state index contributed by atoms with van der Waals surface area (Å²) in [5.41, 5.74) is 0. The third kappa shape index (κ3) is 2.94.